The van der Waals surface area contributed by atoms with Gasteiger partial charge >= 0.3 is 0 Å². The molecule has 0 fully saturated rings. The Hall–Kier alpha value is -0.0800. The van der Waals surface area contributed by atoms with Crippen molar-refractivity contribution in [3.63, 3.8) is 0 Å². The third-order valence-corrected chi connectivity index (χ3v) is 6.08. The van der Waals surface area contributed by atoms with Gasteiger partial charge < -0.3 is 9.47 Å². The van der Waals surface area contributed by atoms with E-state index < -0.39 is 0 Å². The van der Waals surface area contributed by atoms with Crippen LogP contribution in [0.2, 0.25) is 0 Å². The van der Waals surface area contributed by atoms with Gasteiger partial charge in [0.15, 0.2) is 0 Å². The van der Waals surface area contributed by atoms with E-state index in [9.17, 15) is 0 Å². The molecule has 0 aromatic heterocycles. The lowest BCUT2D eigenvalue weighted by atomic mass is 10.1. The molecule has 0 bridgehead atoms. The second-order valence-corrected chi connectivity index (χ2v) is 9.26. The summed E-state index contributed by atoms with van der Waals surface area (Å²) in [5.74, 6) is 0. The maximum absolute atomic E-state index is 5.83. The van der Waals surface area contributed by atoms with E-state index in [1.54, 1.807) is 0 Å². The van der Waals surface area contributed by atoms with Gasteiger partial charge in [-0.3, -0.25) is 0 Å². The summed E-state index contributed by atoms with van der Waals surface area (Å²) in [6.07, 6.45) is 28.5. The lowest BCUT2D eigenvalue weighted by molar-refractivity contribution is 0.0424. The second kappa shape index (κ2) is 27.0. The molecule has 0 saturated carbocycles. The van der Waals surface area contributed by atoms with Crippen LogP contribution in [0.4, 0.5) is 0 Å². The lowest BCUT2D eigenvalue weighted by Gasteiger charge is -2.13. The van der Waals surface area contributed by atoms with Crippen LogP contribution in [-0.2, 0) is 9.47 Å². The topological polar surface area (TPSA) is 18.5 Å². The van der Waals surface area contributed by atoms with Gasteiger partial charge in [0.1, 0.15) is 0 Å². The van der Waals surface area contributed by atoms with Crippen molar-refractivity contribution in [3.05, 3.63) is 6.92 Å². The van der Waals surface area contributed by atoms with Gasteiger partial charge in [-0.25, -0.2) is 0 Å². The van der Waals surface area contributed by atoms with Crippen molar-refractivity contribution in [2.45, 2.75) is 155 Å². The highest BCUT2D eigenvalue weighted by Crippen LogP contribution is 2.12. The number of hydrogen-bond acceptors (Lipinski definition) is 2. The molecule has 0 aliphatic carbocycles. The molecule has 1 radical (unpaired) electrons. The maximum Gasteiger partial charge on any atom is 0.0598 e. The summed E-state index contributed by atoms with van der Waals surface area (Å²) in [6.45, 7) is 11.2. The quantitative estimate of drug-likeness (QED) is 0.128. The summed E-state index contributed by atoms with van der Waals surface area (Å²) < 4.78 is 11.6. The van der Waals surface area contributed by atoms with Crippen molar-refractivity contribution in [2.75, 3.05) is 19.8 Å². The molecule has 0 aliphatic rings. The first kappa shape index (κ1) is 29.9. The minimum absolute atomic E-state index is 0.0938. The molecule has 0 spiro atoms. The summed E-state index contributed by atoms with van der Waals surface area (Å²) in [7, 11) is 0. The van der Waals surface area contributed by atoms with Gasteiger partial charge in [-0.1, -0.05) is 129 Å². The normalized spacial score (nSPS) is 12.5. The predicted octanol–water partition coefficient (Wildman–Crippen LogP) is 9.45. The van der Waals surface area contributed by atoms with E-state index in [1.165, 1.54) is 128 Å². The standard InChI is InChI=1S/C28H57O2/c1-4-6-8-10-12-14-16-18-20-22-25-29-27-24-28(3)30-26-23-21-19-17-15-13-11-9-7-5-2/h28H,3-27H2,1-2H3. The number of rotatable bonds is 26. The van der Waals surface area contributed by atoms with Crippen LogP contribution in [0, 0.1) is 6.92 Å². The van der Waals surface area contributed by atoms with Gasteiger partial charge in [-0.05, 0) is 26.2 Å². The molecule has 0 N–H and O–H groups in total. The fourth-order valence-corrected chi connectivity index (χ4v) is 3.93. The van der Waals surface area contributed by atoms with E-state index in [-0.39, 0.29) is 6.10 Å². The van der Waals surface area contributed by atoms with Crippen LogP contribution < -0.4 is 0 Å². The minimum atomic E-state index is 0.0938. The van der Waals surface area contributed by atoms with Crippen LogP contribution in [0.25, 0.3) is 0 Å². The Morgan fingerprint density at radius 2 is 0.833 bits per heavy atom. The first-order valence-electron chi connectivity index (χ1n) is 13.8. The molecule has 0 aromatic rings. The van der Waals surface area contributed by atoms with E-state index in [0.29, 0.717) is 0 Å². The largest absolute Gasteiger partial charge is 0.381 e. The molecule has 181 valence electrons. The SMILES string of the molecule is [CH2]C(CCOCCCCCCCCCCCC)OCCCCCCCCCCCC. The zero-order chi connectivity index (χ0) is 22.0. The fourth-order valence-electron chi connectivity index (χ4n) is 3.93. The summed E-state index contributed by atoms with van der Waals surface area (Å²) >= 11 is 0. The van der Waals surface area contributed by atoms with Crippen molar-refractivity contribution < 1.29 is 9.47 Å². The van der Waals surface area contributed by atoms with E-state index in [2.05, 4.69) is 20.8 Å². The van der Waals surface area contributed by atoms with Crippen LogP contribution >= 0.6 is 0 Å². The van der Waals surface area contributed by atoms with Crippen molar-refractivity contribution in [2.24, 2.45) is 0 Å². The van der Waals surface area contributed by atoms with E-state index in [1.807, 2.05) is 0 Å². The fraction of sp³-hybridized carbons (Fsp3) is 0.964. The molecule has 1 atom stereocenters. The number of ether oxygens (including phenoxy) is 2. The van der Waals surface area contributed by atoms with Crippen LogP contribution in [-0.4, -0.2) is 25.9 Å². The van der Waals surface area contributed by atoms with Crippen LogP contribution in [0.1, 0.15) is 149 Å². The van der Waals surface area contributed by atoms with Gasteiger partial charge in [-0.2, -0.15) is 0 Å². The summed E-state index contributed by atoms with van der Waals surface area (Å²) in [6, 6.07) is 0. The Morgan fingerprint density at radius 3 is 1.27 bits per heavy atom. The first-order valence-corrected chi connectivity index (χ1v) is 13.8. The molecule has 1 unspecified atom stereocenters. The maximum atomic E-state index is 5.83. The zero-order valence-corrected chi connectivity index (χ0v) is 21.1. The van der Waals surface area contributed by atoms with E-state index in [4.69, 9.17) is 9.47 Å². The molecule has 30 heavy (non-hydrogen) atoms. The van der Waals surface area contributed by atoms with Gasteiger partial charge in [-0.15, -0.1) is 0 Å². The van der Waals surface area contributed by atoms with Crippen molar-refractivity contribution >= 4 is 0 Å². The summed E-state index contributed by atoms with van der Waals surface area (Å²) in [5.41, 5.74) is 0. The van der Waals surface area contributed by atoms with E-state index >= 15 is 0 Å². The molecule has 2 nitrogen and oxygen atoms in total. The predicted molar refractivity (Wildman–Crippen MR) is 134 cm³/mol. The Bertz CT molecular complexity index is 292. The monoisotopic (exact) mass is 425 g/mol. The molecule has 0 heterocycles. The second-order valence-electron chi connectivity index (χ2n) is 9.26. The Labute approximate surface area is 191 Å². The highest BCUT2D eigenvalue weighted by molar-refractivity contribution is 4.59. The van der Waals surface area contributed by atoms with Gasteiger partial charge in [0, 0.05) is 19.8 Å². The Morgan fingerprint density at radius 1 is 0.467 bits per heavy atom. The molecule has 0 amide bonds. The Balaban J connectivity index is 3.12. The smallest absolute Gasteiger partial charge is 0.0598 e. The molecular formula is C28H57O2. The summed E-state index contributed by atoms with van der Waals surface area (Å²) in [4.78, 5) is 0. The van der Waals surface area contributed by atoms with Crippen LogP contribution in [0.3, 0.4) is 0 Å². The first-order chi connectivity index (χ1) is 14.8. The molecule has 0 aliphatic heterocycles. The molecule has 0 saturated heterocycles. The zero-order valence-electron chi connectivity index (χ0n) is 21.1. The van der Waals surface area contributed by atoms with Crippen LogP contribution in [0.15, 0.2) is 0 Å². The molecular weight excluding hydrogens is 368 g/mol. The van der Waals surface area contributed by atoms with Crippen molar-refractivity contribution in [1.82, 2.24) is 0 Å². The Kier molecular flexibility index (Phi) is 26.9. The van der Waals surface area contributed by atoms with Gasteiger partial charge in [0.05, 0.1) is 6.10 Å². The van der Waals surface area contributed by atoms with Crippen molar-refractivity contribution in [3.8, 4) is 0 Å². The molecule has 0 rings (SSSR count). The van der Waals surface area contributed by atoms with E-state index in [0.717, 1.165) is 26.2 Å². The number of hydrogen-bond donors (Lipinski definition) is 0. The van der Waals surface area contributed by atoms with Gasteiger partial charge in [0.25, 0.3) is 0 Å². The van der Waals surface area contributed by atoms with Crippen LogP contribution in [0.5, 0.6) is 0 Å². The third-order valence-electron chi connectivity index (χ3n) is 6.08. The highest BCUT2D eigenvalue weighted by atomic mass is 16.5. The average Bonchev–Trinajstić information content (AvgIpc) is 2.75. The minimum Gasteiger partial charge on any atom is -0.381 e. The summed E-state index contributed by atoms with van der Waals surface area (Å²) in [5, 5.41) is 0. The molecule has 0 aromatic carbocycles. The lowest BCUT2D eigenvalue weighted by Crippen LogP contribution is -2.13. The average molecular weight is 426 g/mol. The van der Waals surface area contributed by atoms with Crippen molar-refractivity contribution in [1.29, 1.82) is 0 Å². The van der Waals surface area contributed by atoms with Gasteiger partial charge in [0.2, 0.25) is 0 Å². The number of unbranched alkanes of at least 4 members (excludes halogenated alkanes) is 18. The molecule has 2 heteroatoms. The third kappa shape index (κ3) is 26.0. The highest BCUT2D eigenvalue weighted by Gasteiger charge is 2.02.